The lowest BCUT2D eigenvalue weighted by molar-refractivity contribution is -0.119. The molecule has 0 aromatic carbocycles. The first-order valence-corrected chi connectivity index (χ1v) is 8.59. The van der Waals surface area contributed by atoms with Gasteiger partial charge in [-0.25, -0.2) is 19.0 Å². The van der Waals surface area contributed by atoms with E-state index in [1.165, 1.54) is 15.7 Å². The third-order valence-electron chi connectivity index (χ3n) is 3.21. The SMILES string of the molecule is NNc1nc2sccn2c1S(=O)(=O)NCC1CCC(=O)N1. The number of nitrogens with one attached hydrogen (secondary N) is 3. The quantitative estimate of drug-likeness (QED) is 0.421. The van der Waals surface area contributed by atoms with Gasteiger partial charge in [0.1, 0.15) is 0 Å². The van der Waals surface area contributed by atoms with Crippen molar-refractivity contribution in [3.05, 3.63) is 11.6 Å². The van der Waals surface area contributed by atoms with Crippen LogP contribution >= 0.6 is 11.3 Å². The average Bonchev–Trinajstić information content (AvgIpc) is 3.10. The van der Waals surface area contributed by atoms with E-state index in [2.05, 4.69) is 20.4 Å². The van der Waals surface area contributed by atoms with Crippen molar-refractivity contribution in [2.75, 3.05) is 12.0 Å². The number of hydrogen-bond acceptors (Lipinski definition) is 7. The van der Waals surface area contributed by atoms with E-state index in [0.29, 0.717) is 17.8 Å². The van der Waals surface area contributed by atoms with Crippen LogP contribution in [0.1, 0.15) is 12.8 Å². The van der Waals surface area contributed by atoms with Gasteiger partial charge in [-0.2, -0.15) is 4.98 Å². The number of thiazole rings is 1. The Morgan fingerprint density at radius 3 is 3.05 bits per heavy atom. The molecule has 0 spiro atoms. The fourth-order valence-corrected chi connectivity index (χ4v) is 4.32. The van der Waals surface area contributed by atoms with Gasteiger partial charge in [0.2, 0.25) is 10.9 Å². The first-order valence-electron chi connectivity index (χ1n) is 6.22. The van der Waals surface area contributed by atoms with Gasteiger partial charge < -0.3 is 10.7 Å². The molecule has 0 aliphatic carbocycles. The number of rotatable bonds is 5. The highest BCUT2D eigenvalue weighted by molar-refractivity contribution is 7.89. The maximum atomic E-state index is 12.4. The highest BCUT2D eigenvalue weighted by Gasteiger charge is 2.28. The number of anilines is 1. The van der Waals surface area contributed by atoms with Crippen molar-refractivity contribution in [3.8, 4) is 0 Å². The van der Waals surface area contributed by atoms with Crippen LogP contribution in [0.4, 0.5) is 5.82 Å². The summed E-state index contributed by atoms with van der Waals surface area (Å²) in [6.07, 6.45) is 2.65. The minimum Gasteiger partial charge on any atom is -0.352 e. The van der Waals surface area contributed by atoms with Crippen LogP contribution in [-0.2, 0) is 14.8 Å². The molecule has 1 saturated heterocycles. The number of hydrazine groups is 1. The van der Waals surface area contributed by atoms with Gasteiger partial charge in [0.05, 0.1) is 0 Å². The Morgan fingerprint density at radius 2 is 2.38 bits per heavy atom. The minimum absolute atomic E-state index is 0.0365. The highest BCUT2D eigenvalue weighted by Crippen LogP contribution is 2.24. The van der Waals surface area contributed by atoms with Crippen LogP contribution in [0.2, 0.25) is 0 Å². The molecule has 11 heteroatoms. The van der Waals surface area contributed by atoms with Gasteiger partial charge >= 0.3 is 0 Å². The Hall–Kier alpha value is -1.69. The summed E-state index contributed by atoms with van der Waals surface area (Å²) in [4.78, 5) is 15.8. The summed E-state index contributed by atoms with van der Waals surface area (Å²) in [6, 6.07) is -0.188. The number of fused-ring (bicyclic) bond motifs is 1. The molecule has 2 aromatic heterocycles. The van der Waals surface area contributed by atoms with E-state index in [-0.39, 0.29) is 29.3 Å². The van der Waals surface area contributed by atoms with E-state index in [4.69, 9.17) is 5.84 Å². The van der Waals surface area contributed by atoms with E-state index in [1.807, 2.05) is 0 Å². The van der Waals surface area contributed by atoms with E-state index < -0.39 is 10.0 Å². The van der Waals surface area contributed by atoms with E-state index in [1.54, 1.807) is 11.6 Å². The Bertz CT molecular complexity index is 780. The standard InChI is InChI=1S/C10H14N6O3S2/c11-15-8-9(16-3-4-20-10(16)14-8)21(18,19)12-5-6-1-2-7(17)13-6/h3-4,6,12,15H,1-2,5,11H2,(H,13,17). The predicted molar refractivity (Wildman–Crippen MR) is 77.2 cm³/mol. The van der Waals surface area contributed by atoms with Gasteiger partial charge in [-0.15, -0.1) is 11.3 Å². The molecule has 9 nitrogen and oxygen atoms in total. The zero-order valence-corrected chi connectivity index (χ0v) is 12.5. The summed E-state index contributed by atoms with van der Waals surface area (Å²) in [7, 11) is -3.80. The van der Waals surface area contributed by atoms with Crippen LogP contribution in [-0.4, -0.2) is 36.3 Å². The number of hydrogen-bond donors (Lipinski definition) is 4. The molecule has 3 heterocycles. The number of carbonyl (C=O) groups is 1. The number of nitrogen functional groups attached to an aromatic ring is 1. The van der Waals surface area contributed by atoms with Crippen LogP contribution in [0.5, 0.6) is 0 Å². The molecule has 0 saturated carbocycles. The first-order chi connectivity index (χ1) is 10.0. The second kappa shape index (κ2) is 5.26. The van der Waals surface area contributed by atoms with Crippen molar-refractivity contribution in [2.45, 2.75) is 23.9 Å². The summed E-state index contributed by atoms with van der Waals surface area (Å²) in [5, 5.41) is 4.40. The summed E-state index contributed by atoms with van der Waals surface area (Å²) in [5.41, 5.74) is 2.30. The van der Waals surface area contributed by atoms with Gasteiger partial charge in [0.25, 0.3) is 10.0 Å². The van der Waals surface area contributed by atoms with Crippen molar-refractivity contribution in [1.82, 2.24) is 19.4 Å². The van der Waals surface area contributed by atoms with Gasteiger partial charge in [-0.1, -0.05) is 0 Å². The molecule has 1 amide bonds. The zero-order valence-electron chi connectivity index (χ0n) is 10.9. The third kappa shape index (κ3) is 2.60. The Labute approximate surface area is 124 Å². The number of imidazole rings is 1. The number of sulfonamides is 1. The van der Waals surface area contributed by atoms with Crippen LogP contribution in [0.3, 0.4) is 0 Å². The van der Waals surface area contributed by atoms with Crippen molar-refractivity contribution in [3.63, 3.8) is 0 Å². The number of nitrogens with zero attached hydrogens (tertiary/aromatic N) is 2. The second-order valence-electron chi connectivity index (χ2n) is 4.62. The Morgan fingerprint density at radius 1 is 1.57 bits per heavy atom. The third-order valence-corrected chi connectivity index (χ3v) is 5.42. The minimum atomic E-state index is -3.80. The smallest absolute Gasteiger partial charge is 0.260 e. The fourth-order valence-electron chi connectivity index (χ4n) is 2.22. The molecule has 1 aliphatic rings. The number of carbonyl (C=O) groups excluding carboxylic acids is 1. The lowest BCUT2D eigenvalue weighted by Gasteiger charge is -2.12. The molecule has 21 heavy (non-hydrogen) atoms. The van der Waals surface area contributed by atoms with E-state index >= 15 is 0 Å². The monoisotopic (exact) mass is 330 g/mol. The van der Waals surface area contributed by atoms with E-state index in [0.717, 1.165) is 0 Å². The van der Waals surface area contributed by atoms with Crippen LogP contribution in [0.25, 0.3) is 4.96 Å². The van der Waals surface area contributed by atoms with Gasteiger partial charge in [-0.05, 0) is 6.42 Å². The Balaban J connectivity index is 1.85. The van der Waals surface area contributed by atoms with Crippen molar-refractivity contribution in [2.24, 2.45) is 5.84 Å². The molecule has 114 valence electrons. The maximum Gasteiger partial charge on any atom is 0.260 e. The number of nitrogens with two attached hydrogens (primary N) is 1. The van der Waals surface area contributed by atoms with Crippen molar-refractivity contribution >= 4 is 38.0 Å². The summed E-state index contributed by atoms with van der Waals surface area (Å²) in [5.74, 6) is 5.36. The largest absolute Gasteiger partial charge is 0.352 e. The van der Waals surface area contributed by atoms with Gasteiger partial charge in [-0.3, -0.25) is 9.20 Å². The molecule has 2 aromatic rings. The highest BCUT2D eigenvalue weighted by atomic mass is 32.2. The van der Waals surface area contributed by atoms with Crippen LogP contribution in [0.15, 0.2) is 16.6 Å². The first kappa shape index (κ1) is 14.3. The molecule has 5 N–H and O–H groups in total. The van der Waals surface area contributed by atoms with Crippen molar-refractivity contribution in [1.29, 1.82) is 0 Å². The molecular weight excluding hydrogens is 316 g/mol. The molecule has 0 bridgehead atoms. The molecule has 3 rings (SSSR count). The predicted octanol–water partition coefficient (Wildman–Crippen LogP) is -0.762. The summed E-state index contributed by atoms with van der Waals surface area (Å²) < 4.78 is 28.8. The molecule has 0 radical (unpaired) electrons. The van der Waals surface area contributed by atoms with Crippen molar-refractivity contribution < 1.29 is 13.2 Å². The summed E-state index contributed by atoms with van der Waals surface area (Å²) in [6.45, 7) is 0.134. The molecule has 1 unspecified atom stereocenters. The normalized spacial score (nSPS) is 19.1. The van der Waals surface area contributed by atoms with Gasteiger partial charge in [0, 0.05) is 30.6 Å². The molecule has 1 aliphatic heterocycles. The van der Waals surface area contributed by atoms with Gasteiger partial charge in [0.15, 0.2) is 10.8 Å². The van der Waals surface area contributed by atoms with E-state index in [9.17, 15) is 13.2 Å². The zero-order chi connectivity index (χ0) is 15.0. The lowest BCUT2D eigenvalue weighted by Crippen LogP contribution is -2.38. The number of amides is 1. The number of aromatic nitrogens is 2. The topological polar surface area (TPSA) is 131 Å². The maximum absolute atomic E-state index is 12.4. The average molecular weight is 330 g/mol. The molecule has 1 fully saturated rings. The van der Waals surface area contributed by atoms with Crippen LogP contribution in [0, 0.1) is 0 Å². The fraction of sp³-hybridized carbons (Fsp3) is 0.400. The second-order valence-corrected chi connectivity index (χ2v) is 7.18. The summed E-state index contributed by atoms with van der Waals surface area (Å²) >= 11 is 1.30. The Kier molecular flexibility index (Phi) is 3.57. The molecule has 1 atom stereocenters. The van der Waals surface area contributed by atoms with Crippen LogP contribution < -0.4 is 21.3 Å². The molecular formula is C10H14N6O3S2. The lowest BCUT2D eigenvalue weighted by atomic mass is 10.2.